The van der Waals surface area contributed by atoms with Crippen LogP contribution in [0.4, 0.5) is 11.6 Å². The highest BCUT2D eigenvalue weighted by Gasteiger charge is 2.20. The molecule has 0 amide bonds. The second kappa shape index (κ2) is 8.20. The molecule has 1 saturated carbocycles. The van der Waals surface area contributed by atoms with Crippen LogP contribution in [0.3, 0.4) is 0 Å². The summed E-state index contributed by atoms with van der Waals surface area (Å²) < 4.78 is 0. The number of nitrogens with one attached hydrogen (secondary N) is 2. The molecule has 0 atom stereocenters. The molecular weight excluding hydrogens is 260 g/mol. The van der Waals surface area contributed by atoms with Gasteiger partial charge in [-0.15, -0.1) is 0 Å². The van der Waals surface area contributed by atoms with Crippen LogP contribution >= 0.6 is 0 Å². The first-order valence-electron chi connectivity index (χ1n) is 8.63. The summed E-state index contributed by atoms with van der Waals surface area (Å²) >= 11 is 0. The predicted molar refractivity (Wildman–Crippen MR) is 89.9 cm³/mol. The van der Waals surface area contributed by atoms with Gasteiger partial charge in [-0.05, 0) is 44.9 Å². The Morgan fingerprint density at radius 2 is 1.76 bits per heavy atom. The SMILES string of the molecule is CCCc1nc(NCC)cc(NC2CCC(CC)CC2)n1. The smallest absolute Gasteiger partial charge is 0.133 e. The molecule has 0 saturated heterocycles. The molecule has 4 nitrogen and oxygen atoms in total. The van der Waals surface area contributed by atoms with Gasteiger partial charge in [-0.25, -0.2) is 9.97 Å². The van der Waals surface area contributed by atoms with Crippen molar-refractivity contribution in [2.24, 2.45) is 5.92 Å². The van der Waals surface area contributed by atoms with E-state index >= 15 is 0 Å². The summed E-state index contributed by atoms with van der Waals surface area (Å²) in [4.78, 5) is 9.25. The Hall–Kier alpha value is -1.32. The Balaban J connectivity index is 2.01. The molecule has 1 aliphatic rings. The maximum absolute atomic E-state index is 4.68. The van der Waals surface area contributed by atoms with Crippen LogP contribution < -0.4 is 10.6 Å². The number of aromatic nitrogens is 2. The van der Waals surface area contributed by atoms with Crippen molar-refractivity contribution in [1.82, 2.24) is 9.97 Å². The Morgan fingerprint density at radius 1 is 1.05 bits per heavy atom. The molecule has 0 aliphatic heterocycles. The maximum atomic E-state index is 4.68. The normalized spacial score (nSPS) is 22.0. The van der Waals surface area contributed by atoms with E-state index in [1.807, 2.05) is 0 Å². The van der Waals surface area contributed by atoms with E-state index in [2.05, 4.69) is 47.4 Å². The quantitative estimate of drug-likeness (QED) is 0.788. The topological polar surface area (TPSA) is 49.8 Å². The zero-order valence-electron chi connectivity index (χ0n) is 13.8. The van der Waals surface area contributed by atoms with E-state index in [0.717, 1.165) is 42.8 Å². The van der Waals surface area contributed by atoms with Gasteiger partial charge in [0.25, 0.3) is 0 Å². The fraction of sp³-hybridized carbons (Fsp3) is 0.765. The van der Waals surface area contributed by atoms with Crippen LogP contribution in [0.2, 0.25) is 0 Å². The van der Waals surface area contributed by atoms with Gasteiger partial charge in [0.15, 0.2) is 0 Å². The standard InChI is InChI=1S/C17H30N4/c1-4-7-15-20-16(18-6-3)12-17(21-15)19-14-10-8-13(5-2)9-11-14/h12-14H,4-11H2,1-3H3,(H2,18,19,20,21). The van der Waals surface area contributed by atoms with Gasteiger partial charge in [0.05, 0.1) is 0 Å². The summed E-state index contributed by atoms with van der Waals surface area (Å²) in [5, 5.41) is 6.94. The molecule has 1 aromatic heterocycles. The maximum Gasteiger partial charge on any atom is 0.133 e. The second-order valence-corrected chi connectivity index (χ2v) is 6.11. The number of nitrogens with zero attached hydrogens (tertiary/aromatic N) is 2. The van der Waals surface area contributed by atoms with Crippen molar-refractivity contribution in [2.75, 3.05) is 17.2 Å². The molecule has 2 rings (SSSR count). The third kappa shape index (κ3) is 4.87. The third-order valence-electron chi connectivity index (χ3n) is 4.38. The van der Waals surface area contributed by atoms with Crippen molar-refractivity contribution in [3.63, 3.8) is 0 Å². The molecule has 4 heteroatoms. The Kier molecular flexibility index (Phi) is 6.27. The van der Waals surface area contributed by atoms with Gasteiger partial charge < -0.3 is 10.6 Å². The first-order valence-corrected chi connectivity index (χ1v) is 8.63. The van der Waals surface area contributed by atoms with Crippen LogP contribution in [0, 0.1) is 5.92 Å². The number of anilines is 2. The van der Waals surface area contributed by atoms with E-state index in [9.17, 15) is 0 Å². The fourth-order valence-electron chi connectivity index (χ4n) is 3.10. The van der Waals surface area contributed by atoms with Crippen molar-refractivity contribution in [3.05, 3.63) is 11.9 Å². The van der Waals surface area contributed by atoms with E-state index in [4.69, 9.17) is 0 Å². The molecule has 1 aromatic rings. The largest absolute Gasteiger partial charge is 0.370 e. The lowest BCUT2D eigenvalue weighted by Gasteiger charge is -2.29. The van der Waals surface area contributed by atoms with Gasteiger partial charge in [0.1, 0.15) is 17.5 Å². The Labute approximate surface area is 129 Å². The highest BCUT2D eigenvalue weighted by molar-refractivity contribution is 5.48. The van der Waals surface area contributed by atoms with Crippen LogP contribution in [-0.4, -0.2) is 22.6 Å². The zero-order valence-corrected chi connectivity index (χ0v) is 13.8. The van der Waals surface area contributed by atoms with Gasteiger partial charge in [-0.2, -0.15) is 0 Å². The molecule has 2 N–H and O–H groups in total. The van der Waals surface area contributed by atoms with E-state index in [0.29, 0.717) is 6.04 Å². The minimum absolute atomic E-state index is 0.576. The molecule has 0 aromatic carbocycles. The highest BCUT2D eigenvalue weighted by Crippen LogP contribution is 2.28. The monoisotopic (exact) mass is 290 g/mol. The molecule has 0 spiro atoms. The van der Waals surface area contributed by atoms with Crippen molar-refractivity contribution in [2.45, 2.75) is 71.8 Å². The lowest BCUT2D eigenvalue weighted by Crippen LogP contribution is -2.26. The van der Waals surface area contributed by atoms with Crippen LogP contribution in [-0.2, 0) is 6.42 Å². The first-order chi connectivity index (χ1) is 10.2. The van der Waals surface area contributed by atoms with Crippen LogP contribution in [0.15, 0.2) is 6.07 Å². The predicted octanol–water partition coefficient (Wildman–Crippen LogP) is 4.24. The summed E-state index contributed by atoms with van der Waals surface area (Å²) in [7, 11) is 0. The van der Waals surface area contributed by atoms with E-state index in [1.54, 1.807) is 0 Å². The van der Waals surface area contributed by atoms with Crippen molar-refractivity contribution in [3.8, 4) is 0 Å². The number of hydrogen-bond donors (Lipinski definition) is 2. The molecule has 1 aliphatic carbocycles. The van der Waals surface area contributed by atoms with Crippen LogP contribution in [0.5, 0.6) is 0 Å². The molecule has 0 bridgehead atoms. The number of hydrogen-bond acceptors (Lipinski definition) is 4. The van der Waals surface area contributed by atoms with Crippen molar-refractivity contribution >= 4 is 11.6 Å². The summed E-state index contributed by atoms with van der Waals surface area (Å²) in [6.07, 6.45) is 8.57. The van der Waals surface area contributed by atoms with Gasteiger partial charge in [-0.3, -0.25) is 0 Å². The van der Waals surface area contributed by atoms with Crippen LogP contribution in [0.1, 0.15) is 65.1 Å². The van der Waals surface area contributed by atoms with Gasteiger partial charge in [-0.1, -0.05) is 20.3 Å². The molecule has 118 valence electrons. The molecular formula is C17H30N4. The minimum atomic E-state index is 0.576. The van der Waals surface area contributed by atoms with Gasteiger partial charge >= 0.3 is 0 Å². The lowest BCUT2D eigenvalue weighted by molar-refractivity contribution is 0.330. The number of aryl methyl sites for hydroxylation is 1. The third-order valence-corrected chi connectivity index (χ3v) is 4.38. The summed E-state index contributed by atoms with van der Waals surface area (Å²) in [5.74, 6) is 3.81. The molecule has 21 heavy (non-hydrogen) atoms. The fourth-order valence-corrected chi connectivity index (χ4v) is 3.10. The number of rotatable bonds is 7. The average molecular weight is 290 g/mol. The van der Waals surface area contributed by atoms with E-state index < -0.39 is 0 Å². The zero-order chi connectivity index (χ0) is 15.1. The minimum Gasteiger partial charge on any atom is -0.370 e. The first kappa shape index (κ1) is 16.1. The summed E-state index contributed by atoms with van der Waals surface area (Å²) in [6, 6.07) is 2.63. The van der Waals surface area contributed by atoms with E-state index in [-0.39, 0.29) is 0 Å². The van der Waals surface area contributed by atoms with Crippen molar-refractivity contribution < 1.29 is 0 Å². The molecule has 1 fully saturated rings. The van der Waals surface area contributed by atoms with Crippen LogP contribution in [0.25, 0.3) is 0 Å². The second-order valence-electron chi connectivity index (χ2n) is 6.11. The van der Waals surface area contributed by atoms with E-state index in [1.165, 1.54) is 32.1 Å². The van der Waals surface area contributed by atoms with Crippen molar-refractivity contribution in [1.29, 1.82) is 0 Å². The summed E-state index contributed by atoms with van der Waals surface area (Å²) in [5.41, 5.74) is 0. The molecule has 0 unspecified atom stereocenters. The van der Waals surface area contributed by atoms with Gasteiger partial charge in [0, 0.05) is 25.1 Å². The lowest BCUT2D eigenvalue weighted by atomic mass is 9.84. The molecule has 0 radical (unpaired) electrons. The Bertz CT molecular complexity index is 401. The molecule has 1 heterocycles. The average Bonchev–Trinajstić information content (AvgIpc) is 2.48. The highest BCUT2D eigenvalue weighted by atomic mass is 15.1. The Morgan fingerprint density at radius 3 is 2.38 bits per heavy atom. The summed E-state index contributed by atoms with van der Waals surface area (Å²) in [6.45, 7) is 7.47. The van der Waals surface area contributed by atoms with Gasteiger partial charge in [0.2, 0.25) is 0 Å².